The molecule has 0 N–H and O–H groups in total. The first-order valence-corrected chi connectivity index (χ1v) is 15.0. The highest BCUT2D eigenvalue weighted by atomic mass is 15.0. The van der Waals surface area contributed by atoms with Crippen LogP contribution in [0, 0.1) is 13.8 Å². The smallest absolute Gasteiger partial charge is 0.0543 e. The van der Waals surface area contributed by atoms with Crippen LogP contribution in [0.3, 0.4) is 0 Å². The van der Waals surface area contributed by atoms with Crippen molar-refractivity contribution in [1.29, 1.82) is 0 Å². The SMILES string of the molecule is Cc1ccc(-c2ccc3ccc4c(-c5cccc(-n6c7ccccc7c7ccc(C)cc76)c5)ccc5ccc2c3c54)cc1. The second-order valence-electron chi connectivity index (χ2n) is 11.9. The van der Waals surface area contributed by atoms with Gasteiger partial charge in [0.15, 0.2) is 0 Å². The monoisotopic (exact) mass is 547 g/mol. The molecule has 1 nitrogen and oxygen atoms in total. The molecule has 9 rings (SSSR count). The Bertz CT molecular complexity index is 2510. The Balaban J connectivity index is 1.29. The second kappa shape index (κ2) is 9.05. The Labute approximate surface area is 250 Å². The lowest BCUT2D eigenvalue weighted by molar-refractivity contribution is 1.18. The summed E-state index contributed by atoms with van der Waals surface area (Å²) in [4.78, 5) is 0. The summed E-state index contributed by atoms with van der Waals surface area (Å²) in [5.74, 6) is 0. The fraction of sp³-hybridized carbons (Fsp3) is 0.0476. The molecule has 202 valence electrons. The fourth-order valence-corrected chi connectivity index (χ4v) is 7.21. The van der Waals surface area contributed by atoms with Gasteiger partial charge in [-0.2, -0.15) is 0 Å². The topological polar surface area (TPSA) is 4.93 Å². The van der Waals surface area contributed by atoms with Crippen molar-refractivity contribution < 1.29 is 0 Å². The van der Waals surface area contributed by atoms with Gasteiger partial charge in [-0.3, -0.25) is 0 Å². The number of nitrogens with zero attached hydrogens (tertiary/aromatic N) is 1. The molecule has 9 aromatic rings. The third-order valence-corrected chi connectivity index (χ3v) is 9.27. The molecule has 0 saturated heterocycles. The number of rotatable bonds is 3. The molecule has 0 saturated carbocycles. The normalized spacial score (nSPS) is 12.0. The lowest BCUT2D eigenvalue weighted by Crippen LogP contribution is -1.95. The van der Waals surface area contributed by atoms with Crippen LogP contribution in [0.25, 0.3) is 82.1 Å². The lowest BCUT2D eigenvalue weighted by atomic mass is 9.87. The van der Waals surface area contributed by atoms with Crippen molar-refractivity contribution in [2.45, 2.75) is 13.8 Å². The van der Waals surface area contributed by atoms with Gasteiger partial charge in [-0.15, -0.1) is 0 Å². The summed E-state index contributed by atoms with van der Waals surface area (Å²) >= 11 is 0. The molecule has 0 unspecified atom stereocenters. The highest BCUT2D eigenvalue weighted by Gasteiger charge is 2.16. The van der Waals surface area contributed by atoms with Crippen molar-refractivity contribution in [1.82, 2.24) is 4.57 Å². The van der Waals surface area contributed by atoms with Crippen LogP contribution in [-0.4, -0.2) is 4.57 Å². The molecule has 0 fully saturated rings. The van der Waals surface area contributed by atoms with E-state index in [1.165, 1.54) is 93.2 Å². The predicted octanol–water partition coefficient (Wildman–Crippen LogP) is 11.6. The van der Waals surface area contributed by atoms with Crippen LogP contribution < -0.4 is 0 Å². The van der Waals surface area contributed by atoms with Crippen LogP contribution in [0.4, 0.5) is 0 Å². The van der Waals surface area contributed by atoms with Gasteiger partial charge in [0.2, 0.25) is 0 Å². The van der Waals surface area contributed by atoms with Crippen molar-refractivity contribution in [3.63, 3.8) is 0 Å². The number of para-hydroxylation sites is 1. The van der Waals surface area contributed by atoms with E-state index in [2.05, 4.69) is 158 Å². The number of hydrogen-bond acceptors (Lipinski definition) is 0. The van der Waals surface area contributed by atoms with Crippen LogP contribution in [0.15, 0.2) is 140 Å². The summed E-state index contributed by atoms with van der Waals surface area (Å²) < 4.78 is 2.42. The van der Waals surface area contributed by atoms with E-state index in [1.807, 2.05) is 0 Å². The highest BCUT2D eigenvalue weighted by Crippen LogP contribution is 2.43. The van der Waals surface area contributed by atoms with Gasteiger partial charge >= 0.3 is 0 Å². The van der Waals surface area contributed by atoms with Crippen molar-refractivity contribution in [2.24, 2.45) is 0 Å². The first-order valence-electron chi connectivity index (χ1n) is 15.0. The minimum Gasteiger partial charge on any atom is -0.309 e. The zero-order valence-electron chi connectivity index (χ0n) is 24.2. The molecule has 0 radical (unpaired) electrons. The third-order valence-electron chi connectivity index (χ3n) is 9.27. The molecule has 1 aromatic heterocycles. The van der Waals surface area contributed by atoms with Gasteiger partial charge in [-0.25, -0.2) is 0 Å². The van der Waals surface area contributed by atoms with E-state index < -0.39 is 0 Å². The minimum atomic E-state index is 1.18. The van der Waals surface area contributed by atoms with Gasteiger partial charge in [-0.1, -0.05) is 121 Å². The van der Waals surface area contributed by atoms with Gasteiger partial charge < -0.3 is 4.57 Å². The summed E-state index contributed by atoms with van der Waals surface area (Å²) in [5.41, 5.74) is 11.3. The second-order valence-corrected chi connectivity index (χ2v) is 11.9. The largest absolute Gasteiger partial charge is 0.309 e. The van der Waals surface area contributed by atoms with Gasteiger partial charge in [0, 0.05) is 16.5 Å². The van der Waals surface area contributed by atoms with E-state index in [9.17, 15) is 0 Å². The van der Waals surface area contributed by atoms with Gasteiger partial charge in [0.05, 0.1) is 11.0 Å². The molecule has 8 aromatic carbocycles. The van der Waals surface area contributed by atoms with Crippen LogP contribution in [-0.2, 0) is 0 Å². The molecule has 1 heterocycles. The van der Waals surface area contributed by atoms with Gasteiger partial charge in [-0.05, 0) is 98.2 Å². The molecule has 0 aliphatic rings. The Morgan fingerprint density at radius 1 is 0.395 bits per heavy atom. The lowest BCUT2D eigenvalue weighted by Gasteiger charge is -2.17. The number of hydrogen-bond donors (Lipinski definition) is 0. The zero-order chi connectivity index (χ0) is 28.7. The molecular weight excluding hydrogens is 518 g/mol. The van der Waals surface area contributed by atoms with Gasteiger partial charge in [0.25, 0.3) is 0 Å². The maximum Gasteiger partial charge on any atom is 0.0543 e. The minimum absolute atomic E-state index is 1.18. The van der Waals surface area contributed by atoms with E-state index in [4.69, 9.17) is 0 Å². The van der Waals surface area contributed by atoms with Crippen molar-refractivity contribution in [3.8, 4) is 27.9 Å². The van der Waals surface area contributed by atoms with E-state index in [1.54, 1.807) is 0 Å². The van der Waals surface area contributed by atoms with Crippen LogP contribution in [0.5, 0.6) is 0 Å². The first kappa shape index (κ1) is 24.2. The van der Waals surface area contributed by atoms with Crippen LogP contribution >= 0.6 is 0 Å². The average Bonchev–Trinajstić information content (AvgIpc) is 3.37. The Morgan fingerprint density at radius 3 is 1.74 bits per heavy atom. The molecule has 0 bridgehead atoms. The third kappa shape index (κ3) is 3.58. The van der Waals surface area contributed by atoms with Gasteiger partial charge in [0.1, 0.15) is 0 Å². The van der Waals surface area contributed by atoms with E-state index >= 15 is 0 Å². The fourth-order valence-electron chi connectivity index (χ4n) is 7.21. The summed E-state index contributed by atoms with van der Waals surface area (Å²) in [7, 11) is 0. The molecule has 0 atom stereocenters. The summed E-state index contributed by atoms with van der Waals surface area (Å²) in [5, 5.41) is 10.5. The standard InChI is InChI=1S/C42H29N/c1-26-10-13-28(14-11-26)33-20-15-29-18-23-38-34(21-16-30-17-22-37(33)41(29)42(30)38)31-6-5-7-32(25-31)43-39-9-4-3-8-35(39)36-19-12-27(2)24-40(36)43/h3-25H,1-2H3. The summed E-state index contributed by atoms with van der Waals surface area (Å²) in [6, 6.07) is 51.9. The predicted molar refractivity (Wildman–Crippen MR) is 185 cm³/mol. The molecule has 0 aliphatic heterocycles. The maximum absolute atomic E-state index is 2.42. The number of aryl methyl sites for hydroxylation is 2. The molecular formula is C42H29N. The molecule has 0 spiro atoms. The average molecular weight is 548 g/mol. The molecule has 0 aliphatic carbocycles. The van der Waals surface area contributed by atoms with E-state index in [0.717, 1.165) is 0 Å². The molecule has 43 heavy (non-hydrogen) atoms. The quantitative estimate of drug-likeness (QED) is 0.194. The van der Waals surface area contributed by atoms with Crippen molar-refractivity contribution in [3.05, 3.63) is 151 Å². The Morgan fingerprint density at radius 2 is 1.00 bits per heavy atom. The maximum atomic E-state index is 2.42. The molecule has 1 heteroatoms. The highest BCUT2D eigenvalue weighted by molar-refractivity contribution is 6.27. The Hall–Kier alpha value is -5.40. The van der Waals surface area contributed by atoms with E-state index in [0.29, 0.717) is 0 Å². The van der Waals surface area contributed by atoms with E-state index in [-0.39, 0.29) is 0 Å². The first-order chi connectivity index (χ1) is 21.1. The number of aromatic nitrogens is 1. The van der Waals surface area contributed by atoms with Crippen LogP contribution in [0.1, 0.15) is 11.1 Å². The Kier molecular flexibility index (Phi) is 5.10. The van der Waals surface area contributed by atoms with Crippen LogP contribution in [0.2, 0.25) is 0 Å². The molecule has 0 amide bonds. The van der Waals surface area contributed by atoms with Crippen molar-refractivity contribution in [2.75, 3.05) is 0 Å². The zero-order valence-corrected chi connectivity index (χ0v) is 24.2. The summed E-state index contributed by atoms with van der Waals surface area (Å²) in [6.45, 7) is 4.32. The number of benzene rings is 8. The number of fused-ring (bicyclic) bond motifs is 3. The van der Waals surface area contributed by atoms with Crippen molar-refractivity contribution >= 4 is 54.1 Å². The summed E-state index contributed by atoms with van der Waals surface area (Å²) in [6.07, 6.45) is 0.